The highest BCUT2D eigenvalue weighted by atomic mass is 19.1. The zero-order valence-corrected chi connectivity index (χ0v) is 14.0. The van der Waals surface area contributed by atoms with Gasteiger partial charge in [-0.3, -0.25) is 14.0 Å². The molecular formula is C19H15F2N3O2. The van der Waals surface area contributed by atoms with Crippen molar-refractivity contribution in [3.8, 4) is 0 Å². The van der Waals surface area contributed by atoms with Gasteiger partial charge in [0.2, 0.25) is 0 Å². The first kappa shape index (κ1) is 16.4. The SMILES string of the molecule is Cc1cccc2nc3c(c(=O)n12)CN(C(=O)c1c(F)cccc1F)CC3. The number of nitrogens with zero attached hydrogens (tertiary/aromatic N) is 3. The van der Waals surface area contributed by atoms with Crippen LogP contribution >= 0.6 is 0 Å². The van der Waals surface area contributed by atoms with E-state index in [0.717, 1.165) is 17.8 Å². The van der Waals surface area contributed by atoms with E-state index in [9.17, 15) is 18.4 Å². The molecule has 132 valence electrons. The van der Waals surface area contributed by atoms with Gasteiger partial charge in [-0.25, -0.2) is 13.8 Å². The molecule has 0 atom stereocenters. The molecule has 0 aliphatic carbocycles. The summed E-state index contributed by atoms with van der Waals surface area (Å²) < 4.78 is 29.3. The maximum Gasteiger partial charge on any atom is 0.263 e. The normalized spacial score (nSPS) is 13.7. The average molecular weight is 355 g/mol. The third-order valence-electron chi connectivity index (χ3n) is 4.65. The minimum atomic E-state index is -0.912. The summed E-state index contributed by atoms with van der Waals surface area (Å²) in [5.41, 5.74) is 1.43. The molecule has 3 aromatic rings. The minimum absolute atomic E-state index is 0.0228. The van der Waals surface area contributed by atoms with Gasteiger partial charge in [0.1, 0.15) is 22.8 Å². The first-order chi connectivity index (χ1) is 12.5. The highest BCUT2D eigenvalue weighted by molar-refractivity contribution is 5.94. The standard InChI is InChI=1S/C19H15F2N3O2/c1-11-4-2-7-16-22-15-8-9-23(10-12(15)18(25)24(11)16)19(26)17-13(20)5-3-6-14(17)21/h2-7H,8-10H2,1H3. The Morgan fingerprint density at radius 3 is 2.54 bits per heavy atom. The second-order valence-corrected chi connectivity index (χ2v) is 6.28. The fraction of sp³-hybridized carbons (Fsp3) is 0.211. The van der Waals surface area contributed by atoms with Crippen LogP contribution in [-0.2, 0) is 13.0 Å². The van der Waals surface area contributed by atoms with Crippen molar-refractivity contribution in [3.63, 3.8) is 0 Å². The molecule has 0 saturated heterocycles. The van der Waals surface area contributed by atoms with Crippen molar-refractivity contribution < 1.29 is 13.6 Å². The van der Waals surface area contributed by atoms with Gasteiger partial charge < -0.3 is 4.90 Å². The fourth-order valence-electron chi connectivity index (χ4n) is 3.33. The number of halogens is 2. The lowest BCUT2D eigenvalue weighted by molar-refractivity contribution is 0.0722. The number of pyridine rings is 1. The quantitative estimate of drug-likeness (QED) is 0.674. The predicted octanol–water partition coefficient (Wildman–Crippen LogP) is 2.48. The molecule has 0 fully saturated rings. The molecule has 0 N–H and O–H groups in total. The van der Waals surface area contributed by atoms with E-state index < -0.39 is 23.1 Å². The third-order valence-corrected chi connectivity index (χ3v) is 4.65. The Morgan fingerprint density at radius 2 is 1.81 bits per heavy atom. The maximum atomic E-state index is 13.9. The smallest absolute Gasteiger partial charge is 0.263 e. The number of fused-ring (bicyclic) bond motifs is 2. The molecule has 1 amide bonds. The second kappa shape index (κ2) is 6.01. The van der Waals surface area contributed by atoms with Crippen LogP contribution in [0.2, 0.25) is 0 Å². The van der Waals surface area contributed by atoms with Crippen LogP contribution in [0.3, 0.4) is 0 Å². The number of amides is 1. The number of carbonyl (C=O) groups excluding carboxylic acids is 1. The van der Waals surface area contributed by atoms with Crippen LogP contribution in [0.25, 0.3) is 5.65 Å². The number of aromatic nitrogens is 2. The van der Waals surface area contributed by atoms with Crippen LogP contribution in [-0.4, -0.2) is 26.7 Å². The van der Waals surface area contributed by atoms with Gasteiger partial charge in [-0.1, -0.05) is 12.1 Å². The summed E-state index contributed by atoms with van der Waals surface area (Å²) in [6.45, 7) is 2.02. The Balaban J connectivity index is 1.77. The van der Waals surface area contributed by atoms with Crippen molar-refractivity contribution in [2.24, 2.45) is 0 Å². The van der Waals surface area contributed by atoms with Gasteiger partial charge >= 0.3 is 0 Å². The molecule has 1 aliphatic heterocycles. The first-order valence-corrected chi connectivity index (χ1v) is 8.21. The zero-order valence-electron chi connectivity index (χ0n) is 14.0. The third kappa shape index (κ3) is 2.47. The van der Waals surface area contributed by atoms with E-state index in [2.05, 4.69) is 4.98 Å². The van der Waals surface area contributed by atoms with Crippen LogP contribution in [0.15, 0.2) is 41.2 Å². The molecule has 2 aromatic heterocycles. The lowest BCUT2D eigenvalue weighted by Gasteiger charge is -2.28. The molecular weight excluding hydrogens is 340 g/mol. The van der Waals surface area contributed by atoms with Crippen LogP contribution < -0.4 is 5.56 Å². The van der Waals surface area contributed by atoms with Gasteiger partial charge in [0, 0.05) is 18.7 Å². The molecule has 0 spiro atoms. The van der Waals surface area contributed by atoms with Crippen molar-refractivity contribution in [1.29, 1.82) is 0 Å². The van der Waals surface area contributed by atoms with E-state index in [1.807, 2.05) is 6.07 Å². The number of rotatable bonds is 1. The van der Waals surface area contributed by atoms with E-state index in [1.54, 1.807) is 19.1 Å². The monoisotopic (exact) mass is 355 g/mol. The number of aryl methyl sites for hydroxylation is 1. The van der Waals surface area contributed by atoms with Crippen LogP contribution in [0.5, 0.6) is 0 Å². The first-order valence-electron chi connectivity index (χ1n) is 8.21. The van der Waals surface area contributed by atoms with E-state index in [0.29, 0.717) is 23.3 Å². The summed E-state index contributed by atoms with van der Waals surface area (Å²) in [4.78, 5) is 31.3. The van der Waals surface area contributed by atoms with Gasteiger partial charge in [0.05, 0.1) is 17.8 Å². The van der Waals surface area contributed by atoms with E-state index in [1.165, 1.54) is 15.4 Å². The minimum Gasteiger partial charge on any atom is -0.333 e. The molecule has 26 heavy (non-hydrogen) atoms. The van der Waals surface area contributed by atoms with Crippen molar-refractivity contribution in [3.05, 3.63) is 80.9 Å². The largest absolute Gasteiger partial charge is 0.333 e. The summed E-state index contributed by atoms with van der Waals surface area (Å²) in [5.74, 6) is -2.59. The number of benzene rings is 1. The van der Waals surface area contributed by atoms with Crippen molar-refractivity contribution >= 4 is 11.6 Å². The number of hydrogen-bond acceptors (Lipinski definition) is 3. The van der Waals surface area contributed by atoms with Gasteiger partial charge in [-0.05, 0) is 31.2 Å². The average Bonchev–Trinajstić information content (AvgIpc) is 2.61. The Labute approximate surface area is 147 Å². The van der Waals surface area contributed by atoms with Gasteiger partial charge in [0.15, 0.2) is 0 Å². The van der Waals surface area contributed by atoms with E-state index in [-0.39, 0.29) is 18.6 Å². The molecule has 0 bridgehead atoms. The molecule has 4 rings (SSSR count). The van der Waals surface area contributed by atoms with E-state index >= 15 is 0 Å². The summed E-state index contributed by atoms with van der Waals surface area (Å²) >= 11 is 0. The van der Waals surface area contributed by atoms with Crippen LogP contribution in [0.4, 0.5) is 8.78 Å². The Hall–Kier alpha value is -3.09. The number of hydrogen-bond donors (Lipinski definition) is 0. The van der Waals surface area contributed by atoms with Crippen LogP contribution in [0.1, 0.15) is 27.3 Å². The Bertz CT molecular complexity index is 1090. The summed E-state index contributed by atoms with van der Waals surface area (Å²) in [6, 6.07) is 8.66. The van der Waals surface area contributed by atoms with Crippen molar-refractivity contribution in [2.45, 2.75) is 19.9 Å². The van der Waals surface area contributed by atoms with Crippen molar-refractivity contribution in [2.75, 3.05) is 6.54 Å². The van der Waals surface area contributed by atoms with Gasteiger partial charge in [0.25, 0.3) is 11.5 Å². The topological polar surface area (TPSA) is 54.7 Å². The maximum absolute atomic E-state index is 13.9. The molecule has 7 heteroatoms. The van der Waals surface area contributed by atoms with Gasteiger partial charge in [-0.15, -0.1) is 0 Å². The summed E-state index contributed by atoms with van der Waals surface area (Å²) in [7, 11) is 0. The second-order valence-electron chi connectivity index (χ2n) is 6.28. The predicted molar refractivity (Wildman–Crippen MR) is 91.0 cm³/mol. The molecule has 3 heterocycles. The fourth-order valence-corrected chi connectivity index (χ4v) is 3.33. The van der Waals surface area contributed by atoms with Crippen molar-refractivity contribution in [1.82, 2.24) is 14.3 Å². The van der Waals surface area contributed by atoms with Crippen LogP contribution in [0, 0.1) is 18.6 Å². The molecule has 1 aromatic carbocycles. The molecule has 5 nitrogen and oxygen atoms in total. The highest BCUT2D eigenvalue weighted by Gasteiger charge is 2.29. The lowest BCUT2D eigenvalue weighted by Crippen LogP contribution is -2.41. The highest BCUT2D eigenvalue weighted by Crippen LogP contribution is 2.20. The Morgan fingerprint density at radius 1 is 1.12 bits per heavy atom. The Kier molecular flexibility index (Phi) is 3.79. The summed E-state index contributed by atoms with van der Waals surface area (Å²) in [6.07, 6.45) is 0.358. The molecule has 0 saturated carbocycles. The van der Waals surface area contributed by atoms with Gasteiger partial charge in [-0.2, -0.15) is 0 Å². The molecule has 1 aliphatic rings. The molecule has 0 unspecified atom stereocenters. The zero-order chi connectivity index (χ0) is 18.4. The number of carbonyl (C=O) groups is 1. The molecule has 0 radical (unpaired) electrons. The van der Waals surface area contributed by atoms with E-state index in [4.69, 9.17) is 0 Å². The summed E-state index contributed by atoms with van der Waals surface area (Å²) in [5, 5.41) is 0. The lowest BCUT2D eigenvalue weighted by atomic mass is 10.0.